The van der Waals surface area contributed by atoms with Crippen molar-refractivity contribution >= 4 is 11.9 Å². The Bertz CT molecular complexity index is 643. The number of hydrogen-bond donors (Lipinski definition) is 1. The van der Waals surface area contributed by atoms with E-state index in [-0.39, 0.29) is 12.5 Å². The molecule has 2 heterocycles. The second-order valence-electron chi connectivity index (χ2n) is 5.23. The number of aromatic nitrogens is 4. The summed E-state index contributed by atoms with van der Waals surface area (Å²) < 4.78 is 3.08. The van der Waals surface area contributed by atoms with E-state index in [4.69, 9.17) is 9.94 Å². The summed E-state index contributed by atoms with van der Waals surface area (Å²) in [5.41, 5.74) is 1.72. The lowest BCUT2D eigenvalue weighted by molar-refractivity contribution is -0.142. The van der Waals surface area contributed by atoms with E-state index in [9.17, 15) is 9.59 Å². The molecule has 0 aliphatic carbocycles. The predicted molar refractivity (Wildman–Crippen MR) is 87.6 cm³/mol. The average molecular weight is 336 g/mol. The topological polar surface area (TPSA) is 99.2 Å². The second kappa shape index (κ2) is 8.85. The van der Waals surface area contributed by atoms with Crippen molar-refractivity contribution < 1.29 is 19.5 Å². The fourth-order valence-electron chi connectivity index (χ4n) is 2.14. The highest BCUT2D eigenvalue weighted by molar-refractivity contribution is 5.66. The first kappa shape index (κ1) is 19.4. The average Bonchev–Trinajstić information content (AvgIpc) is 3.00. The van der Waals surface area contributed by atoms with Gasteiger partial charge in [-0.2, -0.15) is 4.73 Å². The first-order chi connectivity index (χ1) is 11.3. The third-order valence-electron chi connectivity index (χ3n) is 3.01. The minimum absolute atomic E-state index is 0.00398. The van der Waals surface area contributed by atoms with E-state index in [0.29, 0.717) is 0 Å². The van der Waals surface area contributed by atoms with Crippen LogP contribution in [0.4, 0.5) is 0 Å². The largest absolute Gasteiger partial charge is 0.480 e. The quantitative estimate of drug-likeness (QED) is 0.889. The molecule has 132 valence electrons. The molecule has 0 saturated carbocycles. The highest BCUT2D eigenvalue weighted by Crippen LogP contribution is 2.03. The Kier molecular flexibility index (Phi) is 7.16. The third-order valence-corrected chi connectivity index (χ3v) is 3.01. The van der Waals surface area contributed by atoms with Gasteiger partial charge < -0.3 is 14.5 Å². The van der Waals surface area contributed by atoms with E-state index in [2.05, 4.69) is 9.97 Å². The molecule has 0 radical (unpaired) electrons. The van der Waals surface area contributed by atoms with Crippen LogP contribution in [0.1, 0.15) is 43.8 Å². The summed E-state index contributed by atoms with van der Waals surface area (Å²) in [6.07, 6.45) is 4.97. The Morgan fingerprint density at radius 3 is 2.12 bits per heavy atom. The van der Waals surface area contributed by atoms with Crippen LogP contribution in [0.15, 0.2) is 12.4 Å². The number of carboxylic acid groups (broad SMARTS) is 1. The van der Waals surface area contributed by atoms with Crippen molar-refractivity contribution in [2.75, 3.05) is 0 Å². The van der Waals surface area contributed by atoms with Crippen LogP contribution >= 0.6 is 0 Å². The summed E-state index contributed by atoms with van der Waals surface area (Å²) in [6, 6.07) is 0. The standard InChI is InChI=1S/2C8H12N2O2/c1-4-8-9-6(2)5-10(8)12-7(3)11;1-3-7-9-6(2)4-10(7)5-8(11)12/h5H,4H2,1-3H3;4H,3,5H2,1-2H3,(H,11,12). The minimum atomic E-state index is -0.831. The second-order valence-corrected chi connectivity index (χ2v) is 5.23. The molecule has 0 fully saturated rings. The molecule has 2 aromatic heterocycles. The van der Waals surface area contributed by atoms with Crippen molar-refractivity contribution in [1.29, 1.82) is 0 Å². The maximum absolute atomic E-state index is 10.6. The molecule has 8 nitrogen and oxygen atoms in total. The van der Waals surface area contributed by atoms with Crippen molar-refractivity contribution in [3.8, 4) is 0 Å². The molecule has 24 heavy (non-hydrogen) atoms. The van der Waals surface area contributed by atoms with Gasteiger partial charge in [-0.05, 0) is 13.8 Å². The lowest BCUT2D eigenvalue weighted by Crippen LogP contribution is -2.17. The van der Waals surface area contributed by atoms with Crippen LogP contribution in [-0.4, -0.2) is 36.3 Å². The molecule has 0 aliphatic rings. The molecule has 0 amide bonds. The summed E-state index contributed by atoms with van der Waals surface area (Å²) in [4.78, 5) is 34.2. The van der Waals surface area contributed by atoms with Gasteiger partial charge in [0.15, 0.2) is 0 Å². The molecule has 0 aromatic carbocycles. The highest BCUT2D eigenvalue weighted by Gasteiger charge is 2.06. The predicted octanol–water partition coefficient (Wildman–Crippen LogP) is 1.57. The number of carbonyl (C=O) groups excluding carboxylic acids is 1. The van der Waals surface area contributed by atoms with Gasteiger partial charge in [0.25, 0.3) is 0 Å². The van der Waals surface area contributed by atoms with E-state index in [0.717, 1.165) is 35.9 Å². The fourth-order valence-corrected chi connectivity index (χ4v) is 2.14. The van der Waals surface area contributed by atoms with Crippen LogP contribution in [0.5, 0.6) is 0 Å². The van der Waals surface area contributed by atoms with Gasteiger partial charge in [0.1, 0.15) is 18.2 Å². The molecule has 0 aliphatic heterocycles. The normalized spacial score (nSPS) is 10.0. The van der Waals surface area contributed by atoms with Crippen molar-refractivity contribution in [1.82, 2.24) is 19.3 Å². The summed E-state index contributed by atoms with van der Waals surface area (Å²) in [6.45, 7) is 9.01. The van der Waals surface area contributed by atoms with E-state index >= 15 is 0 Å². The van der Waals surface area contributed by atoms with Crippen LogP contribution in [0, 0.1) is 13.8 Å². The first-order valence-corrected chi connectivity index (χ1v) is 7.75. The van der Waals surface area contributed by atoms with Gasteiger partial charge >= 0.3 is 11.9 Å². The molecule has 0 atom stereocenters. The number of aryl methyl sites for hydroxylation is 4. The van der Waals surface area contributed by atoms with Crippen LogP contribution in [-0.2, 0) is 29.0 Å². The van der Waals surface area contributed by atoms with Gasteiger partial charge in [-0.1, -0.05) is 13.8 Å². The van der Waals surface area contributed by atoms with Gasteiger partial charge in [-0.25, -0.2) is 14.8 Å². The highest BCUT2D eigenvalue weighted by atomic mass is 16.7. The van der Waals surface area contributed by atoms with Gasteiger partial charge in [-0.3, -0.25) is 4.79 Å². The van der Waals surface area contributed by atoms with E-state index in [1.807, 2.05) is 27.7 Å². The number of carboxylic acids is 1. The Balaban J connectivity index is 0.000000240. The van der Waals surface area contributed by atoms with Crippen molar-refractivity contribution in [2.45, 2.75) is 54.0 Å². The molecule has 0 spiro atoms. The zero-order valence-corrected chi connectivity index (χ0v) is 14.7. The third kappa shape index (κ3) is 5.86. The molecule has 1 N–H and O–H groups in total. The number of hydrogen-bond acceptors (Lipinski definition) is 5. The van der Waals surface area contributed by atoms with Gasteiger partial charge in [0, 0.05) is 26.0 Å². The van der Waals surface area contributed by atoms with Gasteiger partial charge in [0.05, 0.1) is 17.6 Å². The number of aliphatic carboxylic acids is 1. The summed E-state index contributed by atoms with van der Waals surface area (Å²) in [7, 11) is 0. The van der Waals surface area contributed by atoms with Crippen molar-refractivity contribution in [2.24, 2.45) is 0 Å². The Labute approximate surface area is 141 Å². The lowest BCUT2D eigenvalue weighted by atomic mass is 10.4. The number of imidazole rings is 2. The number of nitrogens with zero attached hydrogens (tertiary/aromatic N) is 4. The number of rotatable bonds is 5. The molecule has 0 unspecified atom stereocenters. The molecular weight excluding hydrogens is 312 g/mol. The SMILES string of the molecule is CCc1nc(C)cn1CC(=O)O.CCc1nc(C)cn1OC(C)=O. The molecule has 0 bridgehead atoms. The molecule has 2 aromatic rings. The Morgan fingerprint density at radius 1 is 1.08 bits per heavy atom. The molecule has 2 rings (SSSR count). The summed E-state index contributed by atoms with van der Waals surface area (Å²) in [5, 5.41) is 8.55. The lowest BCUT2D eigenvalue weighted by Gasteiger charge is -2.02. The van der Waals surface area contributed by atoms with Gasteiger partial charge in [0.2, 0.25) is 0 Å². The molecular formula is C16H24N4O4. The van der Waals surface area contributed by atoms with Crippen molar-refractivity contribution in [3.63, 3.8) is 0 Å². The molecule has 8 heteroatoms. The Hall–Kier alpha value is -2.64. The maximum Gasteiger partial charge on any atom is 0.329 e. The summed E-state index contributed by atoms with van der Waals surface area (Å²) >= 11 is 0. The zero-order valence-electron chi connectivity index (χ0n) is 14.7. The smallest absolute Gasteiger partial charge is 0.329 e. The van der Waals surface area contributed by atoms with E-state index < -0.39 is 5.97 Å². The van der Waals surface area contributed by atoms with Gasteiger partial charge in [-0.15, -0.1) is 0 Å². The van der Waals surface area contributed by atoms with Crippen LogP contribution in [0.3, 0.4) is 0 Å². The summed E-state index contributed by atoms with van der Waals surface area (Å²) in [5.74, 6) is 0.432. The zero-order chi connectivity index (χ0) is 18.3. The van der Waals surface area contributed by atoms with E-state index in [1.54, 1.807) is 17.0 Å². The van der Waals surface area contributed by atoms with E-state index in [1.165, 1.54) is 11.7 Å². The van der Waals surface area contributed by atoms with Crippen molar-refractivity contribution in [3.05, 3.63) is 35.4 Å². The van der Waals surface area contributed by atoms with Crippen LogP contribution in [0.2, 0.25) is 0 Å². The monoisotopic (exact) mass is 336 g/mol. The Morgan fingerprint density at radius 2 is 1.62 bits per heavy atom. The fraction of sp³-hybridized carbons (Fsp3) is 0.500. The maximum atomic E-state index is 10.6. The van der Waals surface area contributed by atoms with Crippen LogP contribution in [0.25, 0.3) is 0 Å². The van der Waals surface area contributed by atoms with Crippen LogP contribution < -0.4 is 4.84 Å². The molecule has 0 saturated heterocycles. The minimum Gasteiger partial charge on any atom is -0.480 e. The number of carbonyl (C=O) groups is 2. The first-order valence-electron chi connectivity index (χ1n) is 7.75.